The van der Waals surface area contributed by atoms with Crippen LogP contribution in [0.25, 0.3) is 0 Å². The number of Topliss-reactive ketones (excluding diaryl/α,β-unsaturated/α-hetero) is 1. The van der Waals surface area contributed by atoms with Crippen molar-refractivity contribution in [2.75, 3.05) is 0 Å². The van der Waals surface area contributed by atoms with E-state index in [9.17, 15) is 23.1 Å². The Morgan fingerprint density at radius 1 is 1.31 bits per heavy atom. The number of phenolic OH excluding ortho intramolecular Hbond substituents is 1. The maximum Gasteiger partial charge on any atom is 0.416 e. The highest BCUT2D eigenvalue weighted by Crippen LogP contribution is 2.33. The molecular formula is C11H11F3O2. The molecule has 0 fully saturated rings. The van der Waals surface area contributed by atoms with E-state index >= 15 is 0 Å². The molecule has 0 atom stereocenters. The Morgan fingerprint density at radius 2 is 1.88 bits per heavy atom. The summed E-state index contributed by atoms with van der Waals surface area (Å²) in [4.78, 5) is 11.5. The summed E-state index contributed by atoms with van der Waals surface area (Å²) in [6.45, 7) is 3.22. The minimum absolute atomic E-state index is 0.0806. The van der Waals surface area contributed by atoms with Gasteiger partial charge in [-0.3, -0.25) is 4.79 Å². The van der Waals surface area contributed by atoms with Crippen LogP contribution in [0.5, 0.6) is 5.75 Å². The van der Waals surface area contributed by atoms with Gasteiger partial charge in [-0.1, -0.05) is 13.8 Å². The van der Waals surface area contributed by atoms with Gasteiger partial charge in [-0.2, -0.15) is 13.2 Å². The second-order valence-corrected chi connectivity index (χ2v) is 3.75. The van der Waals surface area contributed by atoms with Crippen LogP contribution >= 0.6 is 0 Å². The molecule has 0 aliphatic carbocycles. The lowest BCUT2D eigenvalue weighted by Crippen LogP contribution is -2.10. The highest BCUT2D eigenvalue weighted by atomic mass is 19.4. The van der Waals surface area contributed by atoms with Crippen molar-refractivity contribution in [3.63, 3.8) is 0 Å². The molecule has 5 heteroatoms. The molecule has 1 aromatic carbocycles. The number of hydrogen-bond acceptors (Lipinski definition) is 2. The zero-order valence-electron chi connectivity index (χ0n) is 8.80. The number of phenols is 1. The SMILES string of the molecule is CC(C)C(=O)c1ccc(C(F)(F)F)cc1O. The van der Waals surface area contributed by atoms with E-state index in [2.05, 4.69) is 0 Å². The van der Waals surface area contributed by atoms with Crippen LogP contribution < -0.4 is 0 Å². The van der Waals surface area contributed by atoms with E-state index in [1.54, 1.807) is 13.8 Å². The monoisotopic (exact) mass is 232 g/mol. The van der Waals surface area contributed by atoms with Crippen molar-refractivity contribution < 1.29 is 23.1 Å². The fourth-order valence-electron chi connectivity index (χ4n) is 1.23. The number of halogens is 3. The molecule has 1 N–H and O–H groups in total. The molecule has 0 aliphatic rings. The summed E-state index contributed by atoms with van der Waals surface area (Å²) >= 11 is 0. The minimum Gasteiger partial charge on any atom is -0.507 e. The van der Waals surface area contributed by atoms with Crippen molar-refractivity contribution in [3.8, 4) is 5.75 Å². The first-order chi connectivity index (χ1) is 7.23. The second kappa shape index (κ2) is 4.15. The van der Waals surface area contributed by atoms with Crippen LogP contribution in [-0.2, 0) is 6.18 Å². The highest BCUT2D eigenvalue weighted by molar-refractivity contribution is 5.99. The van der Waals surface area contributed by atoms with Gasteiger partial charge in [0.2, 0.25) is 0 Å². The van der Waals surface area contributed by atoms with Gasteiger partial charge in [0.05, 0.1) is 11.1 Å². The summed E-state index contributed by atoms with van der Waals surface area (Å²) < 4.78 is 36.8. The summed E-state index contributed by atoms with van der Waals surface area (Å²) in [6, 6.07) is 2.35. The number of rotatable bonds is 2. The zero-order chi connectivity index (χ0) is 12.5. The average Bonchev–Trinajstić information content (AvgIpc) is 2.15. The molecule has 0 aromatic heterocycles. The van der Waals surface area contributed by atoms with Crippen LogP contribution in [0, 0.1) is 5.92 Å². The molecule has 0 radical (unpaired) electrons. The predicted octanol–water partition coefficient (Wildman–Crippen LogP) is 3.25. The quantitative estimate of drug-likeness (QED) is 0.794. The summed E-state index contributed by atoms with van der Waals surface area (Å²) in [5.74, 6) is -1.39. The van der Waals surface area contributed by atoms with E-state index < -0.39 is 17.5 Å². The molecule has 0 bridgehead atoms. The maximum atomic E-state index is 12.3. The lowest BCUT2D eigenvalue weighted by molar-refractivity contribution is -0.137. The van der Waals surface area contributed by atoms with Crippen LogP contribution in [0.3, 0.4) is 0 Å². The van der Waals surface area contributed by atoms with Gasteiger partial charge in [0.1, 0.15) is 5.75 Å². The summed E-state index contributed by atoms with van der Waals surface area (Å²) in [6.07, 6.45) is -4.52. The fraction of sp³-hybridized carbons (Fsp3) is 0.364. The first-order valence-corrected chi connectivity index (χ1v) is 4.68. The summed E-state index contributed by atoms with van der Waals surface area (Å²) in [7, 11) is 0. The summed E-state index contributed by atoms with van der Waals surface area (Å²) in [5, 5.41) is 9.35. The number of ketones is 1. The molecule has 0 saturated heterocycles. The molecule has 16 heavy (non-hydrogen) atoms. The summed E-state index contributed by atoms with van der Waals surface area (Å²) in [5.41, 5.74) is -1.05. The first-order valence-electron chi connectivity index (χ1n) is 4.68. The molecule has 88 valence electrons. The van der Waals surface area contributed by atoms with E-state index in [0.717, 1.165) is 12.1 Å². The molecule has 0 aliphatic heterocycles. The van der Waals surface area contributed by atoms with Crippen molar-refractivity contribution in [3.05, 3.63) is 29.3 Å². The third-order valence-corrected chi connectivity index (χ3v) is 2.11. The van der Waals surface area contributed by atoms with Crippen molar-refractivity contribution in [1.82, 2.24) is 0 Å². The average molecular weight is 232 g/mol. The van der Waals surface area contributed by atoms with E-state index in [1.807, 2.05) is 0 Å². The van der Waals surface area contributed by atoms with Gasteiger partial charge < -0.3 is 5.11 Å². The van der Waals surface area contributed by atoms with Crippen molar-refractivity contribution in [2.24, 2.45) is 5.92 Å². The molecule has 0 unspecified atom stereocenters. The molecule has 0 spiro atoms. The molecule has 2 nitrogen and oxygen atoms in total. The van der Waals surface area contributed by atoms with Gasteiger partial charge in [-0.15, -0.1) is 0 Å². The minimum atomic E-state index is -4.52. The van der Waals surface area contributed by atoms with Crippen LogP contribution in [-0.4, -0.2) is 10.9 Å². The van der Waals surface area contributed by atoms with E-state index in [0.29, 0.717) is 6.07 Å². The molecule has 0 saturated carbocycles. The number of carbonyl (C=O) groups excluding carboxylic acids is 1. The predicted molar refractivity (Wildman–Crippen MR) is 52.3 cm³/mol. The van der Waals surface area contributed by atoms with Crippen LogP contribution in [0.2, 0.25) is 0 Å². The standard InChI is InChI=1S/C11H11F3O2/c1-6(2)10(16)8-4-3-7(5-9(8)15)11(12,13)14/h3-6,15H,1-2H3. The smallest absolute Gasteiger partial charge is 0.416 e. The van der Waals surface area contributed by atoms with Crippen molar-refractivity contribution >= 4 is 5.78 Å². The normalized spacial score (nSPS) is 11.9. The Balaban J connectivity index is 3.15. The number of alkyl halides is 3. The van der Waals surface area contributed by atoms with Crippen molar-refractivity contribution in [1.29, 1.82) is 0 Å². The lowest BCUT2D eigenvalue weighted by atomic mass is 9.99. The van der Waals surface area contributed by atoms with Gasteiger partial charge in [-0.25, -0.2) is 0 Å². The Morgan fingerprint density at radius 3 is 2.25 bits per heavy atom. The third-order valence-electron chi connectivity index (χ3n) is 2.11. The lowest BCUT2D eigenvalue weighted by Gasteiger charge is -2.10. The fourth-order valence-corrected chi connectivity index (χ4v) is 1.23. The number of hydrogen-bond donors (Lipinski definition) is 1. The van der Waals surface area contributed by atoms with Gasteiger partial charge in [0, 0.05) is 5.92 Å². The molecule has 1 rings (SSSR count). The van der Waals surface area contributed by atoms with Crippen molar-refractivity contribution in [2.45, 2.75) is 20.0 Å². The van der Waals surface area contributed by atoms with Gasteiger partial charge in [-0.05, 0) is 18.2 Å². The van der Waals surface area contributed by atoms with E-state index in [1.165, 1.54) is 0 Å². The van der Waals surface area contributed by atoms with Crippen LogP contribution in [0.1, 0.15) is 29.8 Å². The number of benzene rings is 1. The molecular weight excluding hydrogens is 221 g/mol. The maximum absolute atomic E-state index is 12.3. The van der Waals surface area contributed by atoms with E-state index in [-0.39, 0.29) is 17.3 Å². The van der Waals surface area contributed by atoms with Gasteiger partial charge in [0.25, 0.3) is 0 Å². The van der Waals surface area contributed by atoms with Gasteiger partial charge in [0.15, 0.2) is 5.78 Å². The molecule has 1 aromatic rings. The van der Waals surface area contributed by atoms with Gasteiger partial charge >= 0.3 is 6.18 Å². The third kappa shape index (κ3) is 2.53. The second-order valence-electron chi connectivity index (χ2n) is 3.75. The number of carbonyl (C=O) groups is 1. The Hall–Kier alpha value is -1.52. The number of aromatic hydroxyl groups is 1. The van der Waals surface area contributed by atoms with E-state index in [4.69, 9.17) is 0 Å². The van der Waals surface area contributed by atoms with Crippen LogP contribution in [0.4, 0.5) is 13.2 Å². The Labute approximate surface area is 90.7 Å². The first kappa shape index (κ1) is 12.5. The highest BCUT2D eigenvalue weighted by Gasteiger charge is 2.31. The Bertz CT molecular complexity index is 408. The molecule has 0 heterocycles. The zero-order valence-corrected chi connectivity index (χ0v) is 8.80. The molecule has 0 amide bonds. The largest absolute Gasteiger partial charge is 0.507 e. The van der Waals surface area contributed by atoms with Crippen LogP contribution in [0.15, 0.2) is 18.2 Å². The topological polar surface area (TPSA) is 37.3 Å². The Kier molecular flexibility index (Phi) is 3.26.